The Labute approximate surface area is 125 Å². The predicted molar refractivity (Wildman–Crippen MR) is 81.4 cm³/mol. The molecule has 18 heavy (non-hydrogen) atoms. The van der Waals surface area contributed by atoms with E-state index in [1.807, 2.05) is 29.8 Å². The number of aromatic nitrogens is 2. The van der Waals surface area contributed by atoms with Crippen LogP contribution in [0.5, 0.6) is 0 Å². The van der Waals surface area contributed by atoms with Crippen LogP contribution in [-0.2, 0) is 12.3 Å². The van der Waals surface area contributed by atoms with Crippen LogP contribution in [0.15, 0.2) is 33.6 Å². The Kier molecular flexibility index (Phi) is 4.76. The third kappa shape index (κ3) is 3.11. The first-order valence-corrected chi connectivity index (χ1v) is 7.87. The number of rotatable bonds is 4. The van der Waals surface area contributed by atoms with Gasteiger partial charge < -0.3 is 0 Å². The minimum absolute atomic E-state index is 0.777. The summed E-state index contributed by atoms with van der Waals surface area (Å²) in [7, 11) is 0. The molecule has 0 aliphatic rings. The van der Waals surface area contributed by atoms with Gasteiger partial charge in [0.15, 0.2) is 0 Å². The van der Waals surface area contributed by atoms with E-state index in [4.69, 9.17) is 11.6 Å². The molecule has 0 aliphatic carbocycles. The van der Waals surface area contributed by atoms with Gasteiger partial charge in [-0.3, -0.25) is 4.68 Å². The molecule has 0 radical (unpaired) electrons. The summed E-state index contributed by atoms with van der Waals surface area (Å²) in [6.45, 7) is 5.01. The van der Waals surface area contributed by atoms with Gasteiger partial charge in [-0.1, -0.05) is 17.7 Å². The van der Waals surface area contributed by atoms with E-state index < -0.39 is 0 Å². The lowest BCUT2D eigenvalue weighted by Gasteiger charge is -2.05. The molecule has 0 atom stereocenters. The van der Waals surface area contributed by atoms with Gasteiger partial charge in [-0.15, -0.1) is 11.8 Å². The van der Waals surface area contributed by atoms with Gasteiger partial charge in [-0.25, -0.2) is 0 Å². The number of benzene rings is 1. The van der Waals surface area contributed by atoms with E-state index >= 15 is 0 Å². The number of hydrogen-bond donors (Lipinski definition) is 0. The van der Waals surface area contributed by atoms with Crippen LogP contribution >= 0.6 is 39.3 Å². The maximum atomic E-state index is 5.98. The molecule has 0 saturated heterocycles. The van der Waals surface area contributed by atoms with Gasteiger partial charge in [0.2, 0.25) is 0 Å². The minimum atomic E-state index is 0.777. The zero-order valence-corrected chi connectivity index (χ0v) is 13.4. The highest BCUT2D eigenvalue weighted by atomic mass is 79.9. The SMILES string of the molecule is CCn1nc(C)c(Br)c1CSc1cccc(Cl)c1. The molecule has 96 valence electrons. The van der Waals surface area contributed by atoms with Crippen molar-refractivity contribution >= 4 is 39.3 Å². The van der Waals surface area contributed by atoms with Crippen molar-refractivity contribution in [3.8, 4) is 0 Å². The van der Waals surface area contributed by atoms with E-state index in [0.717, 1.165) is 27.5 Å². The first kappa shape index (κ1) is 14.0. The quantitative estimate of drug-likeness (QED) is 0.732. The normalized spacial score (nSPS) is 10.9. The standard InChI is InChI=1S/C13H14BrClN2S/c1-3-17-12(13(14)9(2)16-17)8-18-11-6-4-5-10(15)7-11/h4-7H,3,8H2,1-2H3. The van der Waals surface area contributed by atoms with Gasteiger partial charge in [0.05, 0.1) is 15.9 Å². The van der Waals surface area contributed by atoms with Crippen LogP contribution < -0.4 is 0 Å². The summed E-state index contributed by atoms with van der Waals surface area (Å²) in [6.07, 6.45) is 0. The van der Waals surface area contributed by atoms with Crippen molar-refractivity contribution in [1.29, 1.82) is 0 Å². The van der Waals surface area contributed by atoms with E-state index in [-0.39, 0.29) is 0 Å². The molecule has 0 fully saturated rings. The van der Waals surface area contributed by atoms with Crippen molar-refractivity contribution in [2.75, 3.05) is 0 Å². The number of aryl methyl sites for hydroxylation is 2. The summed E-state index contributed by atoms with van der Waals surface area (Å²) in [5, 5.41) is 5.27. The first-order valence-electron chi connectivity index (χ1n) is 5.72. The Morgan fingerprint density at radius 3 is 2.89 bits per heavy atom. The van der Waals surface area contributed by atoms with Crippen LogP contribution in [0, 0.1) is 6.92 Å². The molecule has 2 rings (SSSR count). The monoisotopic (exact) mass is 344 g/mol. The van der Waals surface area contributed by atoms with Crippen molar-refractivity contribution in [2.24, 2.45) is 0 Å². The van der Waals surface area contributed by atoms with Crippen molar-refractivity contribution < 1.29 is 0 Å². The van der Waals surface area contributed by atoms with Crippen molar-refractivity contribution in [3.63, 3.8) is 0 Å². The van der Waals surface area contributed by atoms with E-state index in [9.17, 15) is 0 Å². The number of nitrogens with zero attached hydrogens (tertiary/aromatic N) is 2. The minimum Gasteiger partial charge on any atom is -0.268 e. The molecule has 0 amide bonds. The number of halogens is 2. The lowest BCUT2D eigenvalue weighted by Crippen LogP contribution is -2.01. The second-order valence-electron chi connectivity index (χ2n) is 3.91. The largest absolute Gasteiger partial charge is 0.268 e. The van der Waals surface area contributed by atoms with Crippen LogP contribution in [0.4, 0.5) is 0 Å². The summed E-state index contributed by atoms with van der Waals surface area (Å²) < 4.78 is 3.15. The molecule has 0 unspecified atom stereocenters. The summed E-state index contributed by atoms with van der Waals surface area (Å²) in [5.41, 5.74) is 2.26. The van der Waals surface area contributed by atoms with E-state index in [0.29, 0.717) is 0 Å². The third-order valence-electron chi connectivity index (χ3n) is 2.62. The van der Waals surface area contributed by atoms with Crippen LogP contribution in [0.25, 0.3) is 0 Å². The maximum Gasteiger partial charge on any atom is 0.0739 e. The fourth-order valence-corrected chi connectivity index (χ4v) is 3.56. The third-order valence-corrected chi connectivity index (χ3v) is 4.90. The second kappa shape index (κ2) is 6.13. The van der Waals surface area contributed by atoms with Gasteiger partial charge in [-0.05, 0) is 48.0 Å². The van der Waals surface area contributed by atoms with E-state index in [1.54, 1.807) is 11.8 Å². The van der Waals surface area contributed by atoms with Crippen LogP contribution in [0.3, 0.4) is 0 Å². The Morgan fingerprint density at radius 1 is 1.44 bits per heavy atom. The molecular formula is C13H14BrClN2S. The molecule has 0 N–H and O–H groups in total. The Bertz CT molecular complexity index is 554. The molecule has 0 aliphatic heterocycles. The average molecular weight is 346 g/mol. The van der Waals surface area contributed by atoms with Gasteiger partial charge in [0, 0.05) is 22.2 Å². The van der Waals surface area contributed by atoms with Crippen molar-refractivity contribution in [3.05, 3.63) is 45.1 Å². The second-order valence-corrected chi connectivity index (χ2v) is 6.19. The molecule has 5 heteroatoms. The zero-order valence-electron chi connectivity index (χ0n) is 10.3. The number of hydrogen-bond acceptors (Lipinski definition) is 2. The Balaban J connectivity index is 2.15. The lowest BCUT2D eigenvalue weighted by molar-refractivity contribution is 0.631. The highest BCUT2D eigenvalue weighted by molar-refractivity contribution is 9.10. The van der Waals surface area contributed by atoms with Crippen LogP contribution in [0.2, 0.25) is 5.02 Å². The van der Waals surface area contributed by atoms with E-state index in [1.165, 1.54) is 10.6 Å². The van der Waals surface area contributed by atoms with Crippen molar-refractivity contribution in [1.82, 2.24) is 9.78 Å². The molecule has 0 spiro atoms. The number of thioether (sulfide) groups is 1. The van der Waals surface area contributed by atoms with Crippen LogP contribution in [-0.4, -0.2) is 9.78 Å². The predicted octanol–water partition coefficient (Wildman–Crippen LogP) is 4.92. The van der Waals surface area contributed by atoms with Gasteiger partial charge >= 0.3 is 0 Å². The fourth-order valence-electron chi connectivity index (χ4n) is 1.72. The molecular weight excluding hydrogens is 332 g/mol. The lowest BCUT2D eigenvalue weighted by atomic mass is 10.4. The highest BCUT2D eigenvalue weighted by Gasteiger charge is 2.12. The summed E-state index contributed by atoms with van der Waals surface area (Å²) in [6, 6.07) is 7.92. The smallest absolute Gasteiger partial charge is 0.0739 e. The fraction of sp³-hybridized carbons (Fsp3) is 0.308. The molecule has 1 heterocycles. The topological polar surface area (TPSA) is 17.8 Å². The van der Waals surface area contributed by atoms with Gasteiger partial charge in [0.1, 0.15) is 0 Å². The molecule has 1 aromatic heterocycles. The summed E-state index contributed by atoms with van der Waals surface area (Å²) in [5.74, 6) is 0.885. The molecule has 1 aromatic carbocycles. The van der Waals surface area contributed by atoms with E-state index in [2.05, 4.69) is 34.0 Å². The Morgan fingerprint density at radius 2 is 2.22 bits per heavy atom. The summed E-state index contributed by atoms with van der Waals surface area (Å²) >= 11 is 11.4. The zero-order chi connectivity index (χ0) is 13.1. The molecule has 0 saturated carbocycles. The maximum absolute atomic E-state index is 5.98. The average Bonchev–Trinajstić information content (AvgIpc) is 2.63. The highest BCUT2D eigenvalue weighted by Crippen LogP contribution is 2.29. The molecule has 0 bridgehead atoms. The van der Waals surface area contributed by atoms with Gasteiger partial charge in [-0.2, -0.15) is 5.10 Å². The Hall–Kier alpha value is -0.450. The van der Waals surface area contributed by atoms with Gasteiger partial charge in [0.25, 0.3) is 0 Å². The molecule has 2 nitrogen and oxygen atoms in total. The summed E-state index contributed by atoms with van der Waals surface area (Å²) in [4.78, 5) is 1.18. The molecule has 2 aromatic rings. The van der Waals surface area contributed by atoms with Crippen molar-refractivity contribution in [2.45, 2.75) is 31.0 Å². The first-order chi connectivity index (χ1) is 8.61. The van der Waals surface area contributed by atoms with Crippen LogP contribution in [0.1, 0.15) is 18.3 Å².